The number of carbonyl (C=O) groups is 3. The molecule has 2 heterocycles. The van der Waals surface area contributed by atoms with E-state index in [4.69, 9.17) is 0 Å². The summed E-state index contributed by atoms with van der Waals surface area (Å²) in [6, 6.07) is 10.6. The molecule has 1 saturated heterocycles. The van der Waals surface area contributed by atoms with Crippen LogP contribution in [0.25, 0.3) is 0 Å². The highest BCUT2D eigenvalue weighted by molar-refractivity contribution is 7.12. The lowest BCUT2D eigenvalue weighted by atomic mass is 9.95. The molecule has 1 fully saturated rings. The van der Waals surface area contributed by atoms with Gasteiger partial charge < -0.3 is 10.2 Å². The topological polar surface area (TPSA) is 66.5 Å². The lowest BCUT2D eigenvalue weighted by Crippen LogP contribution is -2.41. The van der Waals surface area contributed by atoms with Crippen LogP contribution in [0.4, 0.5) is 5.69 Å². The third-order valence-electron chi connectivity index (χ3n) is 4.44. The molecule has 6 heteroatoms. The average molecular weight is 356 g/mol. The van der Waals surface area contributed by atoms with Gasteiger partial charge in [-0.05, 0) is 55.5 Å². The van der Waals surface area contributed by atoms with Gasteiger partial charge in [-0.15, -0.1) is 11.3 Å². The third-order valence-corrected chi connectivity index (χ3v) is 5.30. The van der Waals surface area contributed by atoms with Crippen LogP contribution in [-0.4, -0.2) is 35.6 Å². The zero-order valence-electron chi connectivity index (χ0n) is 14.0. The number of likely N-dealkylation sites (tertiary alicyclic amines) is 1. The van der Waals surface area contributed by atoms with Gasteiger partial charge in [-0.3, -0.25) is 14.4 Å². The molecule has 1 aliphatic heterocycles. The van der Waals surface area contributed by atoms with E-state index in [1.54, 1.807) is 24.3 Å². The average Bonchev–Trinajstić information content (AvgIpc) is 3.16. The van der Waals surface area contributed by atoms with Crippen molar-refractivity contribution in [3.05, 3.63) is 52.2 Å². The molecule has 0 unspecified atom stereocenters. The van der Waals surface area contributed by atoms with Gasteiger partial charge in [0.2, 0.25) is 5.91 Å². The van der Waals surface area contributed by atoms with E-state index in [1.807, 2.05) is 22.4 Å². The molecule has 0 atom stereocenters. The molecular formula is C19H20N2O3S. The summed E-state index contributed by atoms with van der Waals surface area (Å²) >= 11 is 1.44. The summed E-state index contributed by atoms with van der Waals surface area (Å²) in [6.07, 6.45) is 1.32. The van der Waals surface area contributed by atoms with E-state index >= 15 is 0 Å². The summed E-state index contributed by atoms with van der Waals surface area (Å²) in [4.78, 5) is 38.6. The van der Waals surface area contributed by atoms with Gasteiger partial charge in [0.25, 0.3) is 5.91 Å². The number of nitrogens with one attached hydrogen (secondary N) is 1. The van der Waals surface area contributed by atoms with E-state index in [9.17, 15) is 14.4 Å². The van der Waals surface area contributed by atoms with Gasteiger partial charge in [0.05, 0.1) is 4.88 Å². The van der Waals surface area contributed by atoms with Crippen molar-refractivity contribution in [1.29, 1.82) is 0 Å². The minimum Gasteiger partial charge on any atom is -0.338 e. The number of hydrogen-bond acceptors (Lipinski definition) is 4. The Morgan fingerprint density at radius 1 is 1.08 bits per heavy atom. The van der Waals surface area contributed by atoms with Crippen molar-refractivity contribution in [3.63, 3.8) is 0 Å². The molecule has 5 nitrogen and oxygen atoms in total. The molecule has 1 aromatic heterocycles. The van der Waals surface area contributed by atoms with Gasteiger partial charge in [-0.25, -0.2) is 0 Å². The zero-order valence-corrected chi connectivity index (χ0v) is 14.8. The van der Waals surface area contributed by atoms with Crippen LogP contribution in [-0.2, 0) is 4.79 Å². The van der Waals surface area contributed by atoms with E-state index in [1.165, 1.54) is 18.3 Å². The summed E-state index contributed by atoms with van der Waals surface area (Å²) in [5.41, 5.74) is 1.31. The van der Waals surface area contributed by atoms with Gasteiger partial charge in [0.15, 0.2) is 5.78 Å². The van der Waals surface area contributed by atoms with Crippen LogP contribution in [0.2, 0.25) is 0 Å². The van der Waals surface area contributed by atoms with Gasteiger partial charge >= 0.3 is 0 Å². The maximum atomic E-state index is 12.4. The normalized spacial score (nSPS) is 15.0. The summed E-state index contributed by atoms with van der Waals surface area (Å²) in [6.45, 7) is 2.70. The maximum absolute atomic E-state index is 12.4. The highest BCUT2D eigenvalue weighted by atomic mass is 32.1. The number of thiophene rings is 1. The van der Waals surface area contributed by atoms with E-state index < -0.39 is 0 Å². The van der Waals surface area contributed by atoms with Crippen LogP contribution < -0.4 is 5.32 Å². The number of piperidine rings is 1. The molecule has 2 aromatic rings. The molecule has 1 aliphatic rings. The Bertz CT molecular complexity index is 760. The van der Waals surface area contributed by atoms with Crippen LogP contribution in [0.1, 0.15) is 39.8 Å². The fourth-order valence-electron chi connectivity index (χ4n) is 2.93. The molecule has 3 rings (SSSR count). The zero-order chi connectivity index (χ0) is 17.8. The molecule has 0 bridgehead atoms. The first-order chi connectivity index (χ1) is 12.0. The first kappa shape index (κ1) is 17.4. The first-order valence-corrected chi connectivity index (χ1v) is 9.17. The van der Waals surface area contributed by atoms with Crippen molar-refractivity contribution < 1.29 is 14.4 Å². The maximum Gasteiger partial charge on any atom is 0.263 e. The second-order valence-electron chi connectivity index (χ2n) is 6.17. The predicted octanol–water partition coefficient (Wildman–Crippen LogP) is 3.44. The second kappa shape index (κ2) is 7.61. The second-order valence-corrected chi connectivity index (χ2v) is 7.11. The number of nitrogens with zero attached hydrogens (tertiary/aromatic N) is 1. The van der Waals surface area contributed by atoms with Gasteiger partial charge in [-0.1, -0.05) is 6.07 Å². The molecule has 1 aromatic carbocycles. The summed E-state index contributed by atoms with van der Waals surface area (Å²) in [5, 5.41) is 4.79. The van der Waals surface area contributed by atoms with Crippen LogP contribution in [0.15, 0.2) is 41.8 Å². The quantitative estimate of drug-likeness (QED) is 0.854. The molecule has 0 aliphatic carbocycles. The largest absolute Gasteiger partial charge is 0.338 e. The van der Waals surface area contributed by atoms with Crippen LogP contribution in [0, 0.1) is 5.92 Å². The van der Waals surface area contributed by atoms with Crippen molar-refractivity contribution in [2.45, 2.75) is 19.8 Å². The molecule has 0 radical (unpaired) electrons. The summed E-state index contributed by atoms with van der Waals surface area (Å²) in [7, 11) is 0. The SMILES string of the molecule is CC(=O)c1ccc(NC(=O)C2CCN(C(=O)c3cccs3)CC2)cc1. The molecule has 25 heavy (non-hydrogen) atoms. The van der Waals surface area contributed by atoms with Crippen molar-refractivity contribution in [2.75, 3.05) is 18.4 Å². The lowest BCUT2D eigenvalue weighted by molar-refractivity contribution is -0.121. The highest BCUT2D eigenvalue weighted by Crippen LogP contribution is 2.22. The molecule has 0 saturated carbocycles. The summed E-state index contributed by atoms with van der Waals surface area (Å²) in [5.74, 6) is -0.0759. The molecule has 130 valence electrons. The Kier molecular flexibility index (Phi) is 5.28. The van der Waals surface area contributed by atoms with E-state index in [-0.39, 0.29) is 23.5 Å². The van der Waals surface area contributed by atoms with Gasteiger partial charge in [0, 0.05) is 30.3 Å². The van der Waals surface area contributed by atoms with Crippen molar-refractivity contribution in [2.24, 2.45) is 5.92 Å². The molecule has 1 N–H and O–H groups in total. The van der Waals surface area contributed by atoms with Gasteiger partial charge in [-0.2, -0.15) is 0 Å². The lowest BCUT2D eigenvalue weighted by Gasteiger charge is -2.31. The van der Waals surface area contributed by atoms with Crippen LogP contribution in [0.5, 0.6) is 0 Å². The van der Waals surface area contributed by atoms with Crippen LogP contribution in [0.3, 0.4) is 0 Å². The van der Waals surface area contributed by atoms with Crippen molar-refractivity contribution in [1.82, 2.24) is 4.90 Å². The Hall–Kier alpha value is -2.47. The number of hydrogen-bond donors (Lipinski definition) is 1. The number of ketones is 1. The minimum absolute atomic E-state index is 0.000608. The minimum atomic E-state index is -0.0973. The fraction of sp³-hybridized carbons (Fsp3) is 0.316. The fourth-order valence-corrected chi connectivity index (χ4v) is 3.62. The Labute approximate surface area is 150 Å². The van der Waals surface area contributed by atoms with Gasteiger partial charge in [0.1, 0.15) is 0 Å². The van der Waals surface area contributed by atoms with Crippen molar-refractivity contribution in [3.8, 4) is 0 Å². The summed E-state index contributed by atoms with van der Waals surface area (Å²) < 4.78 is 0. The number of carbonyl (C=O) groups excluding carboxylic acids is 3. The van der Waals surface area contributed by atoms with Crippen molar-refractivity contribution >= 4 is 34.6 Å². The molecule has 0 spiro atoms. The van der Waals surface area contributed by atoms with Crippen LogP contribution >= 0.6 is 11.3 Å². The smallest absolute Gasteiger partial charge is 0.263 e. The Morgan fingerprint density at radius 3 is 2.32 bits per heavy atom. The number of rotatable bonds is 4. The molecule has 2 amide bonds. The number of benzene rings is 1. The van der Waals surface area contributed by atoms with E-state index in [0.717, 1.165) is 4.88 Å². The number of anilines is 1. The molecular weight excluding hydrogens is 336 g/mol. The third kappa shape index (κ3) is 4.14. The van der Waals surface area contributed by atoms with E-state index in [2.05, 4.69) is 5.32 Å². The number of Topliss-reactive ketones (excluding diaryl/α,β-unsaturated/α-hetero) is 1. The Balaban J connectivity index is 1.53. The van der Waals surface area contributed by atoms with E-state index in [0.29, 0.717) is 37.2 Å². The first-order valence-electron chi connectivity index (χ1n) is 8.29. The number of amides is 2. The Morgan fingerprint density at radius 2 is 1.76 bits per heavy atom. The monoisotopic (exact) mass is 356 g/mol. The highest BCUT2D eigenvalue weighted by Gasteiger charge is 2.28. The standard InChI is InChI=1S/C19H20N2O3S/c1-13(22)14-4-6-16(7-5-14)20-18(23)15-8-10-21(11-9-15)19(24)17-3-2-12-25-17/h2-7,12,15H,8-11H2,1H3,(H,20,23). The predicted molar refractivity (Wildman–Crippen MR) is 98.0 cm³/mol.